The van der Waals surface area contributed by atoms with Gasteiger partial charge in [0.05, 0.1) is 0 Å². The number of nitrogens with zero attached hydrogens (tertiary/aromatic N) is 1. The standard InChI is InChI=1S/C13H13BrN2O2/c1-2-3-10-15-12(17)11(13(18)16-10)8-4-6-9(14)7-5-8/h4-7H,2-3H2,1H3,(H2,15,16,17,18). The van der Waals surface area contributed by atoms with E-state index < -0.39 is 0 Å². The molecule has 5 heteroatoms. The Hall–Kier alpha value is -1.62. The van der Waals surface area contributed by atoms with Crippen molar-refractivity contribution in [3.8, 4) is 17.0 Å². The number of nitrogens with one attached hydrogen (secondary N) is 1. The first-order valence-electron chi connectivity index (χ1n) is 5.70. The Morgan fingerprint density at radius 2 is 2.00 bits per heavy atom. The Kier molecular flexibility index (Phi) is 3.81. The smallest absolute Gasteiger partial charge is 0.262 e. The molecule has 0 bridgehead atoms. The summed E-state index contributed by atoms with van der Waals surface area (Å²) in [6.45, 7) is 1.99. The number of benzene rings is 1. The molecular formula is C13H13BrN2O2. The van der Waals surface area contributed by atoms with E-state index in [1.165, 1.54) is 0 Å². The molecule has 0 aliphatic heterocycles. The molecular weight excluding hydrogens is 296 g/mol. The molecule has 0 fully saturated rings. The molecule has 2 N–H and O–H groups in total. The predicted molar refractivity (Wildman–Crippen MR) is 73.7 cm³/mol. The van der Waals surface area contributed by atoms with Crippen molar-refractivity contribution in [3.05, 3.63) is 44.9 Å². The van der Waals surface area contributed by atoms with Gasteiger partial charge < -0.3 is 10.1 Å². The SMILES string of the molecule is CCCc1nc(O)c(-c2ccc(Br)cc2)c(=O)[nH]1. The maximum Gasteiger partial charge on any atom is 0.262 e. The third-order valence-electron chi connectivity index (χ3n) is 2.57. The largest absolute Gasteiger partial charge is 0.493 e. The maximum absolute atomic E-state index is 12.0. The van der Waals surface area contributed by atoms with Crippen LogP contribution in [0.3, 0.4) is 0 Å². The highest BCUT2D eigenvalue weighted by Gasteiger charge is 2.12. The van der Waals surface area contributed by atoms with E-state index in [4.69, 9.17) is 0 Å². The van der Waals surface area contributed by atoms with Gasteiger partial charge in [-0.05, 0) is 24.1 Å². The van der Waals surface area contributed by atoms with E-state index in [0.717, 1.165) is 10.9 Å². The van der Waals surface area contributed by atoms with Crippen molar-refractivity contribution in [2.45, 2.75) is 19.8 Å². The molecule has 0 saturated heterocycles. The van der Waals surface area contributed by atoms with E-state index in [0.29, 0.717) is 17.8 Å². The number of halogens is 1. The minimum atomic E-state index is -0.312. The Balaban J connectivity index is 2.52. The molecule has 18 heavy (non-hydrogen) atoms. The van der Waals surface area contributed by atoms with Gasteiger partial charge in [0.25, 0.3) is 5.56 Å². The Bertz CT molecular complexity index is 605. The average molecular weight is 309 g/mol. The molecule has 0 aliphatic rings. The van der Waals surface area contributed by atoms with Crippen molar-refractivity contribution in [2.24, 2.45) is 0 Å². The van der Waals surface area contributed by atoms with E-state index in [9.17, 15) is 9.90 Å². The zero-order valence-corrected chi connectivity index (χ0v) is 11.5. The molecule has 94 valence electrons. The van der Waals surface area contributed by atoms with Crippen LogP contribution in [0.25, 0.3) is 11.1 Å². The van der Waals surface area contributed by atoms with Gasteiger partial charge in [-0.2, -0.15) is 4.98 Å². The number of aryl methyl sites for hydroxylation is 1. The monoisotopic (exact) mass is 308 g/mol. The van der Waals surface area contributed by atoms with E-state index in [1.807, 2.05) is 19.1 Å². The van der Waals surface area contributed by atoms with E-state index in [2.05, 4.69) is 25.9 Å². The fourth-order valence-electron chi connectivity index (χ4n) is 1.74. The average Bonchev–Trinajstić information content (AvgIpc) is 2.31. The number of rotatable bonds is 3. The normalized spacial score (nSPS) is 10.6. The van der Waals surface area contributed by atoms with E-state index >= 15 is 0 Å². The van der Waals surface area contributed by atoms with E-state index in [1.54, 1.807) is 12.1 Å². The van der Waals surface area contributed by atoms with Gasteiger partial charge in [0, 0.05) is 10.9 Å². The summed E-state index contributed by atoms with van der Waals surface area (Å²) in [5.41, 5.74) is 0.545. The molecule has 0 aliphatic carbocycles. The second-order valence-corrected chi connectivity index (χ2v) is 4.88. The topological polar surface area (TPSA) is 66.0 Å². The van der Waals surface area contributed by atoms with Crippen LogP contribution in [0.15, 0.2) is 33.5 Å². The number of aromatic hydroxyl groups is 1. The lowest BCUT2D eigenvalue weighted by Gasteiger charge is -2.05. The van der Waals surface area contributed by atoms with Crippen LogP contribution >= 0.6 is 15.9 Å². The number of aromatic amines is 1. The summed E-state index contributed by atoms with van der Waals surface area (Å²) in [6, 6.07) is 7.15. The van der Waals surface area contributed by atoms with Gasteiger partial charge in [-0.3, -0.25) is 4.79 Å². The fraction of sp³-hybridized carbons (Fsp3) is 0.231. The van der Waals surface area contributed by atoms with Crippen LogP contribution in [0.2, 0.25) is 0 Å². The third kappa shape index (κ3) is 2.61. The second kappa shape index (κ2) is 5.35. The summed E-state index contributed by atoms with van der Waals surface area (Å²) in [4.78, 5) is 18.7. The van der Waals surface area contributed by atoms with Crippen LogP contribution < -0.4 is 5.56 Å². The molecule has 0 unspecified atom stereocenters. The van der Waals surface area contributed by atoms with Gasteiger partial charge >= 0.3 is 0 Å². The van der Waals surface area contributed by atoms with Gasteiger partial charge in [0.1, 0.15) is 11.4 Å². The summed E-state index contributed by atoms with van der Waals surface area (Å²) in [6.07, 6.45) is 1.50. The van der Waals surface area contributed by atoms with E-state index in [-0.39, 0.29) is 17.0 Å². The quantitative estimate of drug-likeness (QED) is 0.916. The first-order valence-corrected chi connectivity index (χ1v) is 6.49. The Labute approximate surface area is 113 Å². The third-order valence-corrected chi connectivity index (χ3v) is 3.10. The van der Waals surface area contributed by atoms with Gasteiger partial charge in [-0.25, -0.2) is 0 Å². The highest BCUT2D eigenvalue weighted by atomic mass is 79.9. The first kappa shape index (κ1) is 12.8. The maximum atomic E-state index is 12.0. The molecule has 0 radical (unpaired) electrons. The molecule has 1 aromatic carbocycles. The molecule has 0 atom stereocenters. The molecule has 1 aromatic heterocycles. The molecule has 2 aromatic rings. The van der Waals surface area contributed by atoms with Crippen LogP contribution in [-0.2, 0) is 6.42 Å². The van der Waals surface area contributed by atoms with Gasteiger partial charge in [0.2, 0.25) is 5.88 Å². The lowest BCUT2D eigenvalue weighted by Crippen LogP contribution is -2.13. The molecule has 2 rings (SSSR count). The zero-order valence-electron chi connectivity index (χ0n) is 9.90. The lowest BCUT2D eigenvalue weighted by atomic mass is 10.1. The molecule has 0 amide bonds. The van der Waals surface area contributed by atoms with Crippen molar-refractivity contribution in [1.82, 2.24) is 9.97 Å². The summed E-state index contributed by atoms with van der Waals surface area (Å²) in [5, 5.41) is 9.88. The zero-order chi connectivity index (χ0) is 13.1. The Morgan fingerprint density at radius 1 is 1.33 bits per heavy atom. The van der Waals surface area contributed by atoms with Crippen molar-refractivity contribution >= 4 is 15.9 Å². The summed E-state index contributed by atoms with van der Waals surface area (Å²) < 4.78 is 0.915. The van der Waals surface area contributed by atoms with Gasteiger partial charge in [-0.1, -0.05) is 35.0 Å². The van der Waals surface area contributed by atoms with Gasteiger partial charge in [0.15, 0.2) is 0 Å². The van der Waals surface area contributed by atoms with Crippen molar-refractivity contribution in [3.63, 3.8) is 0 Å². The number of aromatic nitrogens is 2. The van der Waals surface area contributed by atoms with Crippen molar-refractivity contribution in [1.29, 1.82) is 0 Å². The number of hydrogen-bond acceptors (Lipinski definition) is 3. The number of hydrogen-bond donors (Lipinski definition) is 2. The summed E-state index contributed by atoms with van der Waals surface area (Å²) in [7, 11) is 0. The van der Waals surface area contributed by atoms with Gasteiger partial charge in [-0.15, -0.1) is 0 Å². The Morgan fingerprint density at radius 3 is 2.56 bits per heavy atom. The second-order valence-electron chi connectivity index (χ2n) is 3.97. The first-order chi connectivity index (χ1) is 8.61. The highest BCUT2D eigenvalue weighted by Crippen LogP contribution is 2.24. The van der Waals surface area contributed by atoms with Crippen LogP contribution in [0, 0.1) is 0 Å². The van der Waals surface area contributed by atoms with Crippen molar-refractivity contribution in [2.75, 3.05) is 0 Å². The van der Waals surface area contributed by atoms with Crippen LogP contribution in [0.1, 0.15) is 19.2 Å². The molecule has 0 saturated carbocycles. The van der Waals surface area contributed by atoms with Crippen LogP contribution in [0.4, 0.5) is 0 Å². The summed E-state index contributed by atoms with van der Waals surface area (Å²) in [5.74, 6) is 0.297. The van der Waals surface area contributed by atoms with Crippen molar-refractivity contribution < 1.29 is 5.11 Å². The molecule has 1 heterocycles. The highest BCUT2D eigenvalue weighted by molar-refractivity contribution is 9.10. The summed E-state index contributed by atoms with van der Waals surface area (Å²) >= 11 is 3.32. The minimum Gasteiger partial charge on any atom is -0.493 e. The van der Waals surface area contributed by atoms with Crippen LogP contribution in [0.5, 0.6) is 5.88 Å². The molecule has 4 nitrogen and oxygen atoms in total. The van der Waals surface area contributed by atoms with Crippen LogP contribution in [-0.4, -0.2) is 15.1 Å². The molecule has 0 spiro atoms. The lowest BCUT2D eigenvalue weighted by molar-refractivity contribution is 0.449. The number of H-pyrrole nitrogens is 1. The predicted octanol–water partition coefficient (Wildman–Crippen LogP) is 2.86. The minimum absolute atomic E-state index is 0.211. The fourth-order valence-corrected chi connectivity index (χ4v) is 2.00.